The van der Waals surface area contributed by atoms with Gasteiger partial charge in [-0.15, -0.1) is 0 Å². The van der Waals surface area contributed by atoms with E-state index in [9.17, 15) is 32.3 Å². The van der Waals surface area contributed by atoms with Crippen molar-refractivity contribution in [1.82, 2.24) is 25.1 Å². The van der Waals surface area contributed by atoms with E-state index in [-0.39, 0.29) is 49.9 Å². The van der Waals surface area contributed by atoms with Crippen molar-refractivity contribution in [3.63, 3.8) is 0 Å². The second-order valence-corrected chi connectivity index (χ2v) is 9.16. The number of carbonyl (C=O) groups excluding carboxylic acids is 4. The highest BCUT2D eigenvalue weighted by molar-refractivity contribution is 6.05. The average molecular weight is 523 g/mol. The van der Waals surface area contributed by atoms with Gasteiger partial charge in [0.2, 0.25) is 11.8 Å². The van der Waals surface area contributed by atoms with Crippen LogP contribution in [0.1, 0.15) is 58.9 Å². The Morgan fingerprint density at radius 3 is 2.68 bits per heavy atom. The van der Waals surface area contributed by atoms with Crippen LogP contribution >= 0.6 is 0 Å². The predicted octanol–water partition coefficient (Wildman–Crippen LogP) is 2.43. The molecule has 1 aromatic heterocycles. The fourth-order valence-corrected chi connectivity index (χ4v) is 4.83. The van der Waals surface area contributed by atoms with Gasteiger partial charge in [0.25, 0.3) is 5.91 Å². The number of alkyl halides is 3. The van der Waals surface area contributed by atoms with E-state index in [0.29, 0.717) is 5.56 Å². The van der Waals surface area contributed by atoms with Gasteiger partial charge in [0.05, 0.1) is 18.1 Å². The van der Waals surface area contributed by atoms with E-state index in [2.05, 4.69) is 15.6 Å². The van der Waals surface area contributed by atoms with Crippen molar-refractivity contribution in [3.05, 3.63) is 52.9 Å². The van der Waals surface area contributed by atoms with Crippen LogP contribution in [0.5, 0.6) is 0 Å². The number of carbonyl (C=O) groups is 4. The van der Waals surface area contributed by atoms with Gasteiger partial charge in [-0.3, -0.25) is 19.7 Å². The Bertz CT molecular complexity index is 1290. The lowest BCUT2D eigenvalue weighted by molar-refractivity contribution is -0.146. The molecule has 2 aromatic rings. The largest absolute Gasteiger partial charge is 0.446 e. The van der Waals surface area contributed by atoms with E-state index in [4.69, 9.17) is 4.74 Å². The fraction of sp³-hybridized carbons (Fsp3) is 0.435. The van der Waals surface area contributed by atoms with Crippen LogP contribution in [0.25, 0.3) is 0 Å². The normalized spacial score (nSPS) is 23.4. The number of piperidine rings is 1. The predicted molar refractivity (Wildman–Crippen MR) is 115 cm³/mol. The lowest BCUT2D eigenvalue weighted by atomic mass is 9.89. The van der Waals surface area contributed by atoms with E-state index in [0.717, 1.165) is 17.1 Å². The summed E-state index contributed by atoms with van der Waals surface area (Å²) < 4.78 is 60.4. The minimum absolute atomic E-state index is 0.0168. The van der Waals surface area contributed by atoms with Gasteiger partial charge in [-0.25, -0.2) is 14.2 Å². The van der Waals surface area contributed by atoms with Crippen molar-refractivity contribution in [3.8, 4) is 0 Å². The molecular formula is C23H21F4N5O5. The molecule has 2 fully saturated rings. The van der Waals surface area contributed by atoms with E-state index in [1.807, 2.05) is 0 Å². The number of aromatic nitrogens is 2. The van der Waals surface area contributed by atoms with Crippen molar-refractivity contribution >= 4 is 23.8 Å². The SMILES string of the molecule is O=C1CC[C@H](N2Cc3ccc(CNC(=O)OC4CC(n5cncc5C(F)(F)F)C4)c(F)c3C2=O)C(=O)N1. The summed E-state index contributed by atoms with van der Waals surface area (Å²) in [7, 11) is 0. The van der Waals surface area contributed by atoms with Crippen LogP contribution in [-0.2, 0) is 33.6 Å². The number of halogens is 4. The Hall–Kier alpha value is -3.97. The zero-order valence-electron chi connectivity index (χ0n) is 19.2. The summed E-state index contributed by atoms with van der Waals surface area (Å²) in [5, 5.41) is 4.57. The molecule has 1 saturated carbocycles. The minimum atomic E-state index is -4.54. The highest BCUT2D eigenvalue weighted by atomic mass is 19.4. The van der Waals surface area contributed by atoms with Crippen LogP contribution in [0.3, 0.4) is 0 Å². The maximum absolute atomic E-state index is 15.2. The fourth-order valence-electron chi connectivity index (χ4n) is 4.83. The molecule has 0 radical (unpaired) electrons. The number of hydrogen-bond acceptors (Lipinski definition) is 6. The molecule has 196 valence electrons. The number of fused-ring (bicyclic) bond motifs is 1. The topological polar surface area (TPSA) is 123 Å². The van der Waals surface area contributed by atoms with Gasteiger partial charge in [0.1, 0.15) is 23.7 Å². The molecule has 37 heavy (non-hydrogen) atoms. The van der Waals surface area contributed by atoms with Crippen LogP contribution in [0, 0.1) is 5.82 Å². The number of amides is 4. The van der Waals surface area contributed by atoms with Crippen LogP contribution < -0.4 is 10.6 Å². The first-order chi connectivity index (χ1) is 17.5. The summed E-state index contributed by atoms with van der Waals surface area (Å²) in [6, 6.07) is 1.55. The number of benzene rings is 1. The Kier molecular flexibility index (Phi) is 6.12. The van der Waals surface area contributed by atoms with Gasteiger partial charge in [0, 0.05) is 44.0 Å². The molecule has 14 heteroatoms. The molecule has 1 atom stereocenters. The molecule has 2 aliphatic heterocycles. The number of hydrogen-bond donors (Lipinski definition) is 2. The molecule has 2 N–H and O–H groups in total. The summed E-state index contributed by atoms with van der Waals surface area (Å²) >= 11 is 0. The summed E-state index contributed by atoms with van der Waals surface area (Å²) in [6.07, 6.45) is -3.64. The standard InChI is InChI=1S/C23H21F4N5O5/c24-19-11(1-2-12-9-31(21(35)18(12)19)15-3-4-17(33)30-20(15)34)7-29-22(36)37-14-5-13(6-14)32-10-28-8-16(32)23(25,26)27/h1-2,8,10,13-15H,3-7,9H2,(H,29,36)(H,30,33,34)/t13?,14?,15-/m0/s1. The van der Waals surface area contributed by atoms with Crippen molar-refractivity contribution in [2.45, 2.75) is 63.1 Å². The summed E-state index contributed by atoms with van der Waals surface area (Å²) in [5.41, 5.74) is -0.663. The number of ether oxygens (including phenoxy) is 1. The zero-order chi connectivity index (χ0) is 26.5. The monoisotopic (exact) mass is 523 g/mol. The first-order valence-corrected chi connectivity index (χ1v) is 11.5. The maximum atomic E-state index is 15.2. The van der Waals surface area contributed by atoms with Gasteiger partial charge in [-0.2, -0.15) is 13.2 Å². The molecule has 1 saturated heterocycles. The maximum Gasteiger partial charge on any atom is 0.433 e. The van der Waals surface area contributed by atoms with Gasteiger partial charge < -0.3 is 19.5 Å². The molecule has 1 aromatic carbocycles. The number of imidazole rings is 1. The number of imide groups is 1. The summed E-state index contributed by atoms with van der Waals surface area (Å²) in [6.45, 7) is -0.275. The third-order valence-corrected chi connectivity index (χ3v) is 6.83. The van der Waals surface area contributed by atoms with Gasteiger partial charge in [-0.1, -0.05) is 12.1 Å². The Morgan fingerprint density at radius 1 is 1.22 bits per heavy atom. The number of nitrogens with zero attached hydrogens (tertiary/aromatic N) is 3. The zero-order valence-corrected chi connectivity index (χ0v) is 19.2. The van der Waals surface area contributed by atoms with Crippen LogP contribution in [-0.4, -0.2) is 50.4 Å². The average Bonchev–Trinajstić information content (AvgIpc) is 3.41. The van der Waals surface area contributed by atoms with E-state index < -0.39 is 59.7 Å². The van der Waals surface area contributed by atoms with Gasteiger partial charge >= 0.3 is 12.3 Å². The van der Waals surface area contributed by atoms with Crippen molar-refractivity contribution < 1.29 is 41.5 Å². The van der Waals surface area contributed by atoms with E-state index in [1.165, 1.54) is 17.0 Å². The van der Waals surface area contributed by atoms with Crippen LogP contribution in [0.2, 0.25) is 0 Å². The molecule has 5 rings (SSSR count). The quantitative estimate of drug-likeness (QED) is 0.459. The molecule has 10 nitrogen and oxygen atoms in total. The van der Waals surface area contributed by atoms with Gasteiger partial charge in [-0.05, 0) is 12.0 Å². The lowest BCUT2D eigenvalue weighted by Gasteiger charge is -2.36. The third-order valence-electron chi connectivity index (χ3n) is 6.83. The van der Waals surface area contributed by atoms with Crippen molar-refractivity contribution in [2.75, 3.05) is 0 Å². The number of nitrogens with one attached hydrogen (secondary N) is 2. The van der Waals surface area contributed by atoms with Crippen LogP contribution in [0.4, 0.5) is 22.4 Å². The molecule has 3 aliphatic rings. The Labute approximate surface area is 207 Å². The molecule has 0 bridgehead atoms. The van der Waals surface area contributed by atoms with Gasteiger partial charge in [0.15, 0.2) is 0 Å². The minimum Gasteiger partial charge on any atom is -0.446 e. The summed E-state index contributed by atoms with van der Waals surface area (Å²) in [4.78, 5) is 53.3. The first-order valence-electron chi connectivity index (χ1n) is 11.5. The molecule has 4 amide bonds. The Morgan fingerprint density at radius 2 is 1.97 bits per heavy atom. The highest BCUT2D eigenvalue weighted by Gasteiger charge is 2.42. The lowest BCUT2D eigenvalue weighted by Crippen LogP contribution is -2.52. The number of alkyl carbamates (subject to hydrolysis) is 1. The summed E-state index contributed by atoms with van der Waals surface area (Å²) in [5.74, 6) is -2.55. The van der Waals surface area contributed by atoms with Crippen molar-refractivity contribution in [1.29, 1.82) is 0 Å². The second-order valence-electron chi connectivity index (χ2n) is 9.16. The highest BCUT2D eigenvalue weighted by Crippen LogP contribution is 2.39. The second kappa shape index (κ2) is 9.16. The smallest absolute Gasteiger partial charge is 0.433 e. The van der Waals surface area contributed by atoms with Crippen molar-refractivity contribution in [2.24, 2.45) is 0 Å². The third kappa shape index (κ3) is 4.62. The molecular weight excluding hydrogens is 502 g/mol. The van der Waals surface area contributed by atoms with E-state index in [1.54, 1.807) is 0 Å². The van der Waals surface area contributed by atoms with Crippen LogP contribution in [0.15, 0.2) is 24.7 Å². The molecule has 1 aliphatic carbocycles. The first kappa shape index (κ1) is 24.7. The number of rotatable bonds is 5. The molecule has 3 heterocycles. The Balaban J connectivity index is 1.15. The molecule has 0 spiro atoms. The molecule has 0 unspecified atom stereocenters. The van der Waals surface area contributed by atoms with E-state index >= 15 is 4.39 Å².